The predicted molar refractivity (Wildman–Crippen MR) is 69.2 cm³/mol. The van der Waals surface area contributed by atoms with Crippen LogP contribution >= 0.6 is 0 Å². The maximum Gasteiger partial charge on any atom is 0.155 e. The maximum absolute atomic E-state index is 11.5. The van der Waals surface area contributed by atoms with Crippen molar-refractivity contribution in [3.05, 3.63) is 42.0 Å². The number of allylic oxidation sites excluding steroid dienone is 2. The number of hydrogen-bond donors (Lipinski definition) is 0. The maximum atomic E-state index is 11.5. The van der Waals surface area contributed by atoms with Crippen LogP contribution in [0.2, 0.25) is 0 Å². The van der Waals surface area contributed by atoms with Crippen molar-refractivity contribution in [2.75, 3.05) is 0 Å². The molecule has 0 spiro atoms. The third-order valence-corrected chi connectivity index (χ3v) is 2.63. The lowest BCUT2D eigenvalue weighted by Crippen LogP contribution is -1.93. The van der Waals surface area contributed by atoms with E-state index in [1.54, 1.807) is 0 Å². The first kappa shape index (κ1) is 12.7. The molecule has 1 heteroatoms. The summed E-state index contributed by atoms with van der Waals surface area (Å²) in [6.07, 6.45) is 5.68. The van der Waals surface area contributed by atoms with Crippen LogP contribution in [-0.2, 0) is 4.79 Å². The fraction of sp³-hybridized carbons (Fsp3) is 0.400. The van der Waals surface area contributed by atoms with Crippen molar-refractivity contribution in [1.82, 2.24) is 0 Å². The van der Waals surface area contributed by atoms with E-state index in [0.717, 1.165) is 19.3 Å². The summed E-state index contributed by atoms with van der Waals surface area (Å²) < 4.78 is 0. The van der Waals surface area contributed by atoms with Gasteiger partial charge >= 0.3 is 0 Å². The molecule has 0 saturated heterocycles. The number of unbranched alkanes of at least 4 members (excludes halogenated alkanes) is 1. The Morgan fingerprint density at radius 1 is 1.19 bits per heavy atom. The Kier molecular flexibility index (Phi) is 5.55. The minimum atomic E-state index is 0.218. The van der Waals surface area contributed by atoms with E-state index >= 15 is 0 Å². The summed E-state index contributed by atoms with van der Waals surface area (Å²) in [6.45, 7) is 4.07. The number of carbonyl (C=O) groups excluding carboxylic acids is 1. The van der Waals surface area contributed by atoms with E-state index in [-0.39, 0.29) is 5.78 Å². The largest absolute Gasteiger partial charge is 0.295 e. The molecule has 0 radical (unpaired) electrons. The van der Waals surface area contributed by atoms with Crippen LogP contribution in [0.15, 0.2) is 36.4 Å². The highest BCUT2D eigenvalue weighted by Gasteiger charge is 2.03. The van der Waals surface area contributed by atoms with Gasteiger partial charge in [0.2, 0.25) is 0 Å². The van der Waals surface area contributed by atoms with E-state index in [2.05, 4.69) is 19.1 Å². The fourth-order valence-electron chi connectivity index (χ4n) is 1.62. The van der Waals surface area contributed by atoms with Crippen molar-refractivity contribution in [3.8, 4) is 0 Å². The van der Waals surface area contributed by atoms with Crippen LogP contribution < -0.4 is 0 Å². The Morgan fingerprint density at radius 2 is 1.88 bits per heavy atom. The highest BCUT2D eigenvalue weighted by Crippen LogP contribution is 2.20. The Labute approximate surface area is 98.2 Å². The first-order chi connectivity index (χ1) is 7.77. The van der Waals surface area contributed by atoms with Crippen LogP contribution in [0.3, 0.4) is 0 Å². The van der Waals surface area contributed by atoms with Crippen LogP contribution in [0.1, 0.15) is 45.1 Å². The summed E-state index contributed by atoms with van der Waals surface area (Å²) in [5, 5.41) is 0. The lowest BCUT2D eigenvalue weighted by atomic mass is 9.98. The summed E-state index contributed by atoms with van der Waals surface area (Å²) >= 11 is 0. The number of hydrogen-bond acceptors (Lipinski definition) is 1. The standard InChI is InChI=1S/C15H20O/c1-3-5-9-14(12-15(16)4-2)13-10-7-6-8-11-13/h6-8,10-12H,3-5,9H2,1-2H3. The van der Waals surface area contributed by atoms with Crippen LogP contribution in [0.25, 0.3) is 5.57 Å². The zero-order valence-corrected chi connectivity index (χ0v) is 10.2. The Hall–Kier alpha value is -1.37. The molecule has 0 aliphatic rings. The van der Waals surface area contributed by atoms with Crippen LogP contribution in [0.4, 0.5) is 0 Å². The van der Waals surface area contributed by atoms with E-state index in [1.807, 2.05) is 31.2 Å². The van der Waals surface area contributed by atoms with Crippen molar-refractivity contribution >= 4 is 11.4 Å². The summed E-state index contributed by atoms with van der Waals surface area (Å²) in [5.41, 5.74) is 2.35. The molecule has 0 fully saturated rings. The molecule has 0 aliphatic carbocycles. The van der Waals surface area contributed by atoms with Crippen LogP contribution in [0.5, 0.6) is 0 Å². The van der Waals surface area contributed by atoms with E-state index in [4.69, 9.17) is 0 Å². The molecule has 0 atom stereocenters. The van der Waals surface area contributed by atoms with Crippen LogP contribution in [-0.4, -0.2) is 5.78 Å². The van der Waals surface area contributed by atoms with Gasteiger partial charge in [0.05, 0.1) is 0 Å². The molecular formula is C15H20O. The Bertz CT molecular complexity index is 349. The number of ketones is 1. The highest BCUT2D eigenvalue weighted by atomic mass is 16.1. The minimum Gasteiger partial charge on any atom is -0.295 e. The number of rotatable bonds is 6. The monoisotopic (exact) mass is 216 g/mol. The van der Waals surface area contributed by atoms with Gasteiger partial charge in [-0.05, 0) is 30.1 Å². The molecule has 0 aromatic heterocycles. The molecule has 0 amide bonds. The SMILES string of the molecule is CCCCC(=CC(=O)CC)c1ccccc1. The Morgan fingerprint density at radius 3 is 2.44 bits per heavy atom. The van der Waals surface area contributed by atoms with Gasteiger partial charge in [-0.25, -0.2) is 0 Å². The van der Waals surface area contributed by atoms with Crippen molar-refractivity contribution in [3.63, 3.8) is 0 Å². The van der Waals surface area contributed by atoms with Gasteiger partial charge in [-0.3, -0.25) is 4.79 Å². The third kappa shape index (κ3) is 4.01. The smallest absolute Gasteiger partial charge is 0.155 e. The molecule has 0 heterocycles. The minimum absolute atomic E-state index is 0.218. The first-order valence-electron chi connectivity index (χ1n) is 6.06. The van der Waals surface area contributed by atoms with Gasteiger partial charge in [0, 0.05) is 6.42 Å². The van der Waals surface area contributed by atoms with E-state index in [9.17, 15) is 4.79 Å². The van der Waals surface area contributed by atoms with Crippen molar-refractivity contribution < 1.29 is 4.79 Å². The van der Waals surface area contributed by atoms with Gasteiger partial charge in [0.1, 0.15) is 0 Å². The Balaban J connectivity index is 2.87. The molecule has 0 N–H and O–H groups in total. The second kappa shape index (κ2) is 7.00. The molecule has 0 saturated carbocycles. The van der Waals surface area contributed by atoms with E-state index in [0.29, 0.717) is 6.42 Å². The predicted octanol–water partition coefficient (Wildman–Crippen LogP) is 4.24. The van der Waals surface area contributed by atoms with Gasteiger partial charge < -0.3 is 0 Å². The summed E-state index contributed by atoms with van der Waals surface area (Å²) in [6, 6.07) is 10.2. The van der Waals surface area contributed by atoms with Gasteiger partial charge in [0.25, 0.3) is 0 Å². The van der Waals surface area contributed by atoms with Gasteiger partial charge in [0.15, 0.2) is 5.78 Å². The second-order valence-electron chi connectivity index (χ2n) is 3.96. The quantitative estimate of drug-likeness (QED) is 0.650. The molecule has 1 nitrogen and oxygen atoms in total. The molecule has 16 heavy (non-hydrogen) atoms. The number of benzene rings is 1. The lowest BCUT2D eigenvalue weighted by molar-refractivity contribution is -0.114. The number of carbonyl (C=O) groups is 1. The average molecular weight is 216 g/mol. The van der Waals surface area contributed by atoms with Crippen molar-refractivity contribution in [1.29, 1.82) is 0 Å². The van der Waals surface area contributed by atoms with Crippen molar-refractivity contribution in [2.24, 2.45) is 0 Å². The summed E-state index contributed by atoms with van der Waals surface area (Å²) in [7, 11) is 0. The van der Waals surface area contributed by atoms with Gasteiger partial charge in [-0.1, -0.05) is 50.6 Å². The normalized spacial score (nSPS) is 11.5. The molecular weight excluding hydrogens is 196 g/mol. The zero-order valence-electron chi connectivity index (χ0n) is 10.2. The van der Waals surface area contributed by atoms with Crippen LogP contribution in [0, 0.1) is 0 Å². The average Bonchev–Trinajstić information content (AvgIpc) is 2.35. The molecule has 0 aliphatic heterocycles. The first-order valence-corrected chi connectivity index (χ1v) is 6.06. The molecule has 1 rings (SSSR count). The molecule has 1 aromatic rings. The van der Waals surface area contributed by atoms with Gasteiger partial charge in [-0.15, -0.1) is 0 Å². The lowest BCUT2D eigenvalue weighted by Gasteiger charge is -2.06. The van der Waals surface area contributed by atoms with Crippen molar-refractivity contribution in [2.45, 2.75) is 39.5 Å². The third-order valence-electron chi connectivity index (χ3n) is 2.63. The molecule has 86 valence electrons. The summed E-state index contributed by atoms with van der Waals surface area (Å²) in [4.78, 5) is 11.5. The van der Waals surface area contributed by atoms with E-state index in [1.165, 1.54) is 11.1 Å². The molecule has 0 bridgehead atoms. The fourth-order valence-corrected chi connectivity index (χ4v) is 1.62. The summed E-state index contributed by atoms with van der Waals surface area (Å²) in [5.74, 6) is 0.218. The molecule has 0 unspecified atom stereocenters. The zero-order chi connectivity index (χ0) is 11.8. The highest BCUT2D eigenvalue weighted by molar-refractivity contribution is 5.96. The van der Waals surface area contributed by atoms with E-state index < -0.39 is 0 Å². The topological polar surface area (TPSA) is 17.1 Å². The second-order valence-corrected chi connectivity index (χ2v) is 3.96. The molecule has 1 aromatic carbocycles. The van der Waals surface area contributed by atoms with Gasteiger partial charge in [-0.2, -0.15) is 0 Å².